The second-order valence-corrected chi connectivity index (χ2v) is 7.90. The Balaban J connectivity index is -0.000000112. The van der Waals surface area contributed by atoms with Gasteiger partial charge in [0.25, 0.3) is 0 Å². The number of unbranched alkanes of at least 4 members (excludes halogenated alkanes) is 4. The van der Waals surface area contributed by atoms with Crippen LogP contribution in [0.1, 0.15) is 45.4 Å². The number of quaternary nitrogens is 2. The van der Waals surface area contributed by atoms with E-state index in [2.05, 4.69) is 63.3 Å². The van der Waals surface area contributed by atoms with Gasteiger partial charge in [-0.1, -0.05) is 32.6 Å². The monoisotopic (exact) mass is 308 g/mol. The zero-order chi connectivity index (χ0) is 16.8. The van der Waals surface area contributed by atoms with Gasteiger partial charge in [0.05, 0.1) is 56.4 Å². The van der Waals surface area contributed by atoms with E-state index in [-0.39, 0.29) is 11.9 Å². The minimum atomic E-state index is -0.920. The van der Waals surface area contributed by atoms with Gasteiger partial charge in [-0.25, -0.2) is 0 Å². The molecule has 0 aliphatic rings. The average Bonchev–Trinajstić information content (AvgIpc) is 2.11. The fraction of sp³-hybridized carbons (Fsp3) is 0.938. The third-order valence-electron chi connectivity index (χ3n) is 1.48. The molecule has 5 heteroatoms. The highest BCUT2D eigenvalue weighted by molar-refractivity contribution is 5.63. The minimum Gasteiger partial charge on any atom is -0.870 e. The molecule has 132 valence electrons. The van der Waals surface area contributed by atoms with Crippen molar-refractivity contribution in [3.8, 4) is 0 Å². The Hall–Kier alpha value is -0.650. The highest BCUT2D eigenvalue weighted by Crippen LogP contribution is 2.03. The van der Waals surface area contributed by atoms with Crippen molar-refractivity contribution in [3.05, 3.63) is 0 Å². The van der Waals surface area contributed by atoms with Crippen molar-refractivity contribution in [2.75, 3.05) is 56.4 Å². The van der Waals surface area contributed by atoms with Crippen LogP contribution in [0.15, 0.2) is 0 Å². The van der Waals surface area contributed by atoms with E-state index in [9.17, 15) is 9.90 Å². The van der Waals surface area contributed by atoms with E-state index in [0.717, 1.165) is 28.2 Å². The number of aliphatic carboxylic acids is 1. The molecule has 0 bridgehead atoms. The molecule has 0 heterocycles. The molecular formula is C16H40N2O3. The topological polar surface area (TPSA) is 70.1 Å². The van der Waals surface area contributed by atoms with E-state index in [0.29, 0.717) is 0 Å². The van der Waals surface area contributed by atoms with E-state index in [1.54, 1.807) is 0 Å². The normalized spacial score (nSPS) is 10.3. The van der Waals surface area contributed by atoms with Crippen LogP contribution in [-0.2, 0) is 4.79 Å². The van der Waals surface area contributed by atoms with Gasteiger partial charge in [-0.2, -0.15) is 0 Å². The van der Waals surface area contributed by atoms with Crippen LogP contribution in [0.4, 0.5) is 0 Å². The molecule has 0 aliphatic carbocycles. The lowest BCUT2D eigenvalue weighted by atomic mass is 10.1. The van der Waals surface area contributed by atoms with E-state index < -0.39 is 5.97 Å². The van der Waals surface area contributed by atoms with Crippen molar-refractivity contribution in [3.63, 3.8) is 0 Å². The third kappa shape index (κ3) is 144. The van der Waals surface area contributed by atoms with Crippen LogP contribution >= 0.6 is 0 Å². The van der Waals surface area contributed by atoms with Crippen LogP contribution in [0, 0.1) is 0 Å². The summed E-state index contributed by atoms with van der Waals surface area (Å²) in [6.45, 7) is 2.14. The van der Waals surface area contributed by atoms with Gasteiger partial charge < -0.3 is 24.3 Å². The molecular weight excluding hydrogens is 268 g/mol. The fourth-order valence-corrected chi connectivity index (χ4v) is 0.873. The zero-order valence-corrected chi connectivity index (χ0v) is 15.9. The van der Waals surface area contributed by atoms with Crippen molar-refractivity contribution in [1.82, 2.24) is 0 Å². The molecule has 21 heavy (non-hydrogen) atoms. The molecule has 0 atom stereocenters. The number of carboxylic acids is 1. The first-order chi connectivity index (χ1) is 8.77. The number of carbonyl (C=O) groups is 1. The van der Waals surface area contributed by atoms with E-state index in [1.165, 1.54) is 12.8 Å². The van der Waals surface area contributed by atoms with Crippen molar-refractivity contribution in [1.29, 1.82) is 0 Å². The largest absolute Gasteiger partial charge is 0.870 e. The quantitative estimate of drug-likeness (QED) is 0.552. The zero-order valence-electron chi connectivity index (χ0n) is 15.9. The van der Waals surface area contributed by atoms with Crippen LogP contribution in [0.5, 0.6) is 0 Å². The summed E-state index contributed by atoms with van der Waals surface area (Å²) >= 11 is 0. The summed E-state index contributed by atoms with van der Waals surface area (Å²) in [7, 11) is 17.0. The predicted octanol–water partition coefficient (Wildman–Crippen LogP) is 1.56. The number of nitrogens with zero attached hydrogens (tertiary/aromatic N) is 2. The Kier molecular flexibility index (Phi) is 21.4. The van der Waals surface area contributed by atoms with Crippen molar-refractivity contribution in [2.45, 2.75) is 45.4 Å². The smallest absolute Gasteiger partial charge is 0.0675 e. The summed E-state index contributed by atoms with van der Waals surface area (Å²) in [5.41, 5.74) is 0. The van der Waals surface area contributed by atoms with Gasteiger partial charge in [0.2, 0.25) is 0 Å². The predicted molar refractivity (Wildman–Crippen MR) is 88.2 cm³/mol. The van der Waals surface area contributed by atoms with E-state index in [4.69, 9.17) is 0 Å². The van der Waals surface area contributed by atoms with Gasteiger partial charge in [0.15, 0.2) is 0 Å². The molecule has 0 aromatic heterocycles. The molecule has 0 aromatic rings. The molecule has 0 amide bonds. The lowest BCUT2D eigenvalue weighted by Crippen LogP contribution is -2.27. The molecule has 0 spiro atoms. The van der Waals surface area contributed by atoms with Crippen molar-refractivity contribution in [2.24, 2.45) is 0 Å². The summed E-state index contributed by atoms with van der Waals surface area (Å²) in [5, 5.41) is 9.92. The van der Waals surface area contributed by atoms with E-state index in [1.807, 2.05) is 0 Å². The molecule has 0 saturated heterocycles. The second-order valence-electron chi connectivity index (χ2n) is 7.90. The molecule has 0 fully saturated rings. The number of hydrogen-bond donors (Lipinski definition) is 0. The number of hydrogen-bond acceptors (Lipinski definition) is 3. The Labute approximate surface area is 133 Å². The third-order valence-corrected chi connectivity index (χ3v) is 1.48. The first-order valence-electron chi connectivity index (χ1n) is 7.55. The lowest BCUT2D eigenvalue weighted by Gasteiger charge is -2.14. The van der Waals surface area contributed by atoms with Crippen molar-refractivity contribution < 1.29 is 24.3 Å². The van der Waals surface area contributed by atoms with Gasteiger partial charge >= 0.3 is 0 Å². The Morgan fingerprint density at radius 3 is 1.29 bits per heavy atom. The number of carboxylic acid groups (broad SMARTS) is 1. The van der Waals surface area contributed by atoms with Crippen LogP contribution in [-0.4, -0.2) is 76.8 Å². The van der Waals surface area contributed by atoms with Crippen LogP contribution in [0.25, 0.3) is 0 Å². The number of carbonyl (C=O) groups excluding carboxylic acids is 1. The fourth-order valence-electron chi connectivity index (χ4n) is 0.873. The van der Waals surface area contributed by atoms with Crippen molar-refractivity contribution >= 4 is 5.97 Å². The molecule has 0 unspecified atom stereocenters. The van der Waals surface area contributed by atoms with Crippen LogP contribution < -0.4 is 5.11 Å². The SMILES string of the molecule is CCCCCCCC(=O)[O-].C[N+](C)(C)C.C[N+](C)(C)C.[OH-]. The Morgan fingerprint density at radius 2 is 1.05 bits per heavy atom. The molecule has 0 saturated carbocycles. The minimum absolute atomic E-state index is 0. The van der Waals surface area contributed by atoms with Gasteiger partial charge in [0, 0.05) is 5.97 Å². The highest BCUT2D eigenvalue weighted by atomic mass is 16.4. The van der Waals surface area contributed by atoms with Gasteiger partial charge in [-0.15, -0.1) is 0 Å². The summed E-state index contributed by atoms with van der Waals surface area (Å²) in [6.07, 6.45) is 5.61. The molecule has 1 N–H and O–H groups in total. The standard InChI is InChI=1S/C8H16O2.2C4H12N.H2O/c1-2-3-4-5-6-7-8(9)10;2*1-5(2,3)4;/h2-7H2,1H3,(H,9,10);2*1-4H3;1H2/q;2*+1;/p-2. The molecule has 0 radical (unpaired) electrons. The maximum Gasteiger partial charge on any atom is 0.0675 e. The van der Waals surface area contributed by atoms with Gasteiger partial charge in [-0.05, 0) is 12.8 Å². The summed E-state index contributed by atoms with van der Waals surface area (Å²) in [6, 6.07) is 0. The molecule has 0 aliphatic heterocycles. The second kappa shape index (κ2) is 15.7. The molecule has 0 rings (SSSR count). The highest BCUT2D eigenvalue weighted by Gasteiger charge is 1.89. The Morgan fingerprint density at radius 1 is 0.762 bits per heavy atom. The summed E-state index contributed by atoms with van der Waals surface area (Å²) in [5.74, 6) is -0.920. The molecule has 5 nitrogen and oxygen atoms in total. The molecule has 0 aromatic carbocycles. The lowest BCUT2D eigenvalue weighted by molar-refractivity contribution is -0.849. The van der Waals surface area contributed by atoms with E-state index >= 15 is 0 Å². The Bertz CT molecular complexity index is 195. The first-order valence-corrected chi connectivity index (χ1v) is 7.55. The number of rotatable bonds is 6. The summed E-state index contributed by atoms with van der Waals surface area (Å²) in [4.78, 5) is 9.92. The summed E-state index contributed by atoms with van der Waals surface area (Å²) < 4.78 is 2.00. The van der Waals surface area contributed by atoms with Crippen LogP contribution in [0.2, 0.25) is 0 Å². The first kappa shape index (κ1) is 28.5. The van der Waals surface area contributed by atoms with Gasteiger partial charge in [0.1, 0.15) is 0 Å². The maximum absolute atomic E-state index is 9.92. The van der Waals surface area contributed by atoms with Crippen LogP contribution in [0.3, 0.4) is 0 Å². The average molecular weight is 309 g/mol. The maximum atomic E-state index is 9.92. The van der Waals surface area contributed by atoms with Gasteiger partial charge in [-0.3, -0.25) is 0 Å².